The van der Waals surface area contributed by atoms with E-state index in [1.807, 2.05) is 67.1 Å². The summed E-state index contributed by atoms with van der Waals surface area (Å²) in [7, 11) is 0. The first-order valence-corrected chi connectivity index (χ1v) is 10.3. The molecular formula is C25H29N3O3. The molecule has 6 heteroatoms. The quantitative estimate of drug-likeness (QED) is 0.605. The second-order valence-electron chi connectivity index (χ2n) is 8.86. The third kappa shape index (κ3) is 5.40. The van der Waals surface area contributed by atoms with Gasteiger partial charge >= 0.3 is 5.97 Å². The van der Waals surface area contributed by atoms with E-state index in [9.17, 15) is 9.59 Å². The highest BCUT2D eigenvalue weighted by molar-refractivity contribution is 6.04. The van der Waals surface area contributed by atoms with Crippen LogP contribution in [0, 0.1) is 13.8 Å². The molecule has 1 aromatic heterocycles. The molecule has 162 valence electrons. The fraction of sp³-hybridized carbons (Fsp3) is 0.320. The molecule has 0 spiro atoms. The van der Waals surface area contributed by atoms with E-state index in [0.717, 1.165) is 22.5 Å². The van der Waals surface area contributed by atoms with E-state index in [1.54, 1.807) is 0 Å². The molecule has 0 fully saturated rings. The molecule has 0 aliphatic carbocycles. The second-order valence-corrected chi connectivity index (χ2v) is 8.86. The van der Waals surface area contributed by atoms with Crippen LogP contribution in [0.4, 0.5) is 5.69 Å². The van der Waals surface area contributed by atoms with Crippen molar-refractivity contribution in [1.82, 2.24) is 9.78 Å². The van der Waals surface area contributed by atoms with Gasteiger partial charge in [-0.15, -0.1) is 0 Å². The lowest BCUT2D eigenvalue weighted by molar-refractivity contribution is -0.136. The zero-order valence-corrected chi connectivity index (χ0v) is 18.7. The van der Waals surface area contributed by atoms with Crippen molar-refractivity contribution in [1.29, 1.82) is 0 Å². The van der Waals surface area contributed by atoms with Crippen LogP contribution in [-0.4, -0.2) is 26.8 Å². The molecule has 0 radical (unpaired) electrons. The van der Waals surface area contributed by atoms with Gasteiger partial charge in [-0.05, 0) is 54.7 Å². The molecule has 3 rings (SSSR count). The Kier molecular flexibility index (Phi) is 6.29. The summed E-state index contributed by atoms with van der Waals surface area (Å²) in [6, 6.07) is 15.3. The van der Waals surface area contributed by atoms with Crippen molar-refractivity contribution < 1.29 is 14.7 Å². The zero-order valence-electron chi connectivity index (χ0n) is 18.7. The van der Waals surface area contributed by atoms with Gasteiger partial charge in [0.1, 0.15) is 0 Å². The van der Waals surface area contributed by atoms with Crippen LogP contribution in [0.5, 0.6) is 0 Å². The first kappa shape index (κ1) is 22.3. The minimum atomic E-state index is -0.862. The van der Waals surface area contributed by atoms with Crippen molar-refractivity contribution >= 4 is 17.6 Å². The number of carboxylic acids is 1. The number of aromatic nitrogens is 2. The van der Waals surface area contributed by atoms with E-state index in [2.05, 4.69) is 31.2 Å². The Balaban J connectivity index is 1.67. The molecule has 6 nitrogen and oxygen atoms in total. The van der Waals surface area contributed by atoms with Gasteiger partial charge in [-0.3, -0.25) is 14.3 Å². The molecular weight excluding hydrogens is 390 g/mol. The predicted octanol–water partition coefficient (Wildman–Crippen LogP) is 4.73. The van der Waals surface area contributed by atoms with Crippen molar-refractivity contribution in [3.63, 3.8) is 0 Å². The molecule has 3 aromatic rings. The van der Waals surface area contributed by atoms with Crippen LogP contribution < -0.4 is 5.32 Å². The Morgan fingerprint density at radius 1 is 1.00 bits per heavy atom. The second kappa shape index (κ2) is 8.76. The highest BCUT2D eigenvalue weighted by Crippen LogP contribution is 2.23. The molecule has 0 unspecified atom stereocenters. The van der Waals surface area contributed by atoms with E-state index >= 15 is 0 Å². The Morgan fingerprint density at radius 2 is 1.61 bits per heavy atom. The van der Waals surface area contributed by atoms with Crippen LogP contribution in [0.3, 0.4) is 0 Å². The first-order valence-electron chi connectivity index (χ1n) is 10.3. The zero-order chi connectivity index (χ0) is 22.8. The molecule has 0 atom stereocenters. The van der Waals surface area contributed by atoms with E-state index in [-0.39, 0.29) is 17.7 Å². The average molecular weight is 420 g/mol. The number of hydrogen-bond donors (Lipinski definition) is 2. The predicted molar refractivity (Wildman–Crippen MR) is 122 cm³/mol. The fourth-order valence-electron chi connectivity index (χ4n) is 3.49. The molecule has 0 aliphatic rings. The highest BCUT2D eigenvalue weighted by Gasteiger charge is 2.16. The van der Waals surface area contributed by atoms with E-state index in [1.165, 1.54) is 5.56 Å². The molecule has 31 heavy (non-hydrogen) atoms. The van der Waals surface area contributed by atoms with E-state index < -0.39 is 5.97 Å². The standard InChI is InChI=1S/C25H29N3O3/c1-16-22(14-23(29)30)17(2)28(27-16)15-18-6-12-21(13-7-18)26-24(31)19-8-10-20(11-9-19)25(3,4)5/h6-13H,14-15H2,1-5H3,(H,26,31)(H,29,30). The average Bonchev–Trinajstić information content (AvgIpc) is 2.96. The van der Waals surface area contributed by atoms with Gasteiger partial charge in [0.05, 0.1) is 18.7 Å². The number of carbonyl (C=O) groups excluding carboxylic acids is 1. The van der Waals surface area contributed by atoms with E-state index in [0.29, 0.717) is 17.8 Å². The summed E-state index contributed by atoms with van der Waals surface area (Å²) in [5.74, 6) is -1.01. The van der Waals surface area contributed by atoms with Crippen LogP contribution in [0.1, 0.15) is 59.2 Å². The monoisotopic (exact) mass is 419 g/mol. The number of nitrogens with zero attached hydrogens (tertiary/aromatic N) is 2. The summed E-state index contributed by atoms with van der Waals surface area (Å²) in [6.45, 7) is 10.7. The molecule has 0 aliphatic heterocycles. The minimum absolute atomic E-state index is 0.0284. The van der Waals surface area contributed by atoms with Crippen LogP contribution >= 0.6 is 0 Å². The number of amides is 1. The molecule has 1 heterocycles. The van der Waals surface area contributed by atoms with Crippen LogP contribution in [0.2, 0.25) is 0 Å². The topological polar surface area (TPSA) is 84.2 Å². The third-order valence-electron chi connectivity index (χ3n) is 5.42. The van der Waals surface area contributed by atoms with Gasteiger partial charge in [-0.25, -0.2) is 0 Å². The van der Waals surface area contributed by atoms with Crippen molar-refractivity contribution in [2.24, 2.45) is 0 Å². The van der Waals surface area contributed by atoms with Crippen LogP contribution in [0.15, 0.2) is 48.5 Å². The SMILES string of the molecule is Cc1nn(Cc2ccc(NC(=O)c3ccc(C(C)(C)C)cc3)cc2)c(C)c1CC(=O)O. The normalized spacial score (nSPS) is 11.4. The molecule has 1 amide bonds. The Hall–Kier alpha value is -3.41. The molecule has 2 aromatic carbocycles. The Bertz CT molecular complexity index is 1090. The minimum Gasteiger partial charge on any atom is -0.481 e. The van der Waals surface area contributed by atoms with Crippen molar-refractivity contribution in [2.45, 2.75) is 53.0 Å². The van der Waals surface area contributed by atoms with Crippen LogP contribution in [0.25, 0.3) is 0 Å². The van der Waals surface area contributed by atoms with Gasteiger partial charge in [-0.1, -0.05) is 45.0 Å². The number of carboxylic acid groups (broad SMARTS) is 1. The smallest absolute Gasteiger partial charge is 0.307 e. The van der Waals surface area contributed by atoms with Gasteiger partial charge < -0.3 is 10.4 Å². The van der Waals surface area contributed by atoms with Crippen molar-refractivity contribution in [3.8, 4) is 0 Å². The number of rotatable bonds is 6. The summed E-state index contributed by atoms with van der Waals surface area (Å²) >= 11 is 0. The fourth-order valence-corrected chi connectivity index (χ4v) is 3.49. The van der Waals surface area contributed by atoms with Crippen LogP contribution in [-0.2, 0) is 23.2 Å². The summed E-state index contributed by atoms with van der Waals surface area (Å²) in [5, 5.41) is 16.5. The van der Waals surface area contributed by atoms with E-state index in [4.69, 9.17) is 5.11 Å². The number of hydrogen-bond acceptors (Lipinski definition) is 3. The van der Waals surface area contributed by atoms with Gasteiger partial charge in [0.2, 0.25) is 0 Å². The molecule has 0 bridgehead atoms. The maximum Gasteiger partial charge on any atom is 0.307 e. The summed E-state index contributed by atoms with van der Waals surface area (Å²) < 4.78 is 1.82. The lowest BCUT2D eigenvalue weighted by atomic mass is 9.87. The number of aryl methyl sites for hydroxylation is 1. The lowest BCUT2D eigenvalue weighted by Crippen LogP contribution is -2.14. The number of benzene rings is 2. The lowest BCUT2D eigenvalue weighted by Gasteiger charge is -2.19. The Labute approximate surface area is 182 Å². The van der Waals surface area contributed by atoms with Gasteiger partial charge in [0.25, 0.3) is 5.91 Å². The first-order chi connectivity index (χ1) is 14.5. The highest BCUT2D eigenvalue weighted by atomic mass is 16.4. The number of nitrogens with one attached hydrogen (secondary N) is 1. The van der Waals surface area contributed by atoms with Gasteiger partial charge in [0.15, 0.2) is 0 Å². The summed E-state index contributed by atoms with van der Waals surface area (Å²) in [6.07, 6.45) is -0.0284. The number of carbonyl (C=O) groups is 2. The molecule has 2 N–H and O–H groups in total. The molecule has 0 saturated heterocycles. The van der Waals surface area contributed by atoms with Crippen molar-refractivity contribution in [3.05, 3.63) is 82.2 Å². The number of anilines is 1. The number of aliphatic carboxylic acids is 1. The summed E-state index contributed by atoms with van der Waals surface area (Å²) in [5.41, 5.74) is 5.93. The summed E-state index contributed by atoms with van der Waals surface area (Å²) in [4.78, 5) is 23.6. The maximum absolute atomic E-state index is 12.6. The van der Waals surface area contributed by atoms with Gasteiger partial charge in [-0.2, -0.15) is 5.10 Å². The Morgan fingerprint density at radius 3 is 2.16 bits per heavy atom. The third-order valence-corrected chi connectivity index (χ3v) is 5.42. The van der Waals surface area contributed by atoms with Crippen molar-refractivity contribution in [2.75, 3.05) is 5.32 Å². The molecule has 0 saturated carbocycles. The van der Waals surface area contributed by atoms with Gasteiger partial charge in [0, 0.05) is 22.5 Å². The maximum atomic E-state index is 12.6. The largest absolute Gasteiger partial charge is 0.481 e.